The molecular weight excluding hydrogens is 148 g/mol. The van der Waals surface area contributed by atoms with Crippen LogP contribution < -0.4 is 5.73 Å². The average Bonchev–Trinajstić information content (AvgIpc) is 2.19. The van der Waals surface area contributed by atoms with E-state index >= 15 is 0 Å². The van der Waals surface area contributed by atoms with Crippen LogP contribution in [-0.4, -0.2) is 11.5 Å². The van der Waals surface area contributed by atoms with E-state index in [9.17, 15) is 0 Å². The molecule has 0 atom stereocenters. The van der Waals surface area contributed by atoms with E-state index in [1.807, 2.05) is 18.2 Å². The van der Waals surface area contributed by atoms with Crippen molar-refractivity contribution in [2.75, 3.05) is 6.54 Å². The van der Waals surface area contributed by atoms with E-state index in [0.29, 0.717) is 6.54 Å². The maximum Gasteiger partial charge on any atom is 0.0623 e. The minimum atomic E-state index is 0.583. The van der Waals surface area contributed by atoms with Crippen LogP contribution in [0.5, 0.6) is 0 Å². The lowest BCUT2D eigenvalue weighted by atomic mass is 10.4. The molecule has 2 nitrogen and oxygen atoms in total. The normalized spacial score (nSPS) is 7.75. The second-order valence-corrected chi connectivity index (χ2v) is 1.98. The Hall–Kier alpha value is -1.41. The van der Waals surface area contributed by atoms with Crippen molar-refractivity contribution in [2.45, 2.75) is 0 Å². The van der Waals surface area contributed by atoms with Crippen molar-refractivity contribution in [3.05, 3.63) is 49.3 Å². The number of nitrogens with zero attached hydrogens (tertiary/aromatic N) is 1. The van der Waals surface area contributed by atoms with E-state index in [1.165, 1.54) is 0 Å². The molecule has 0 aromatic carbocycles. The zero-order valence-corrected chi connectivity index (χ0v) is 7.11. The predicted octanol–water partition coefficient (Wildman–Crippen LogP) is 1.86. The first-order valence-electron chi connectivity index (χ1n) is 3.69. The molecule has 0 saturated heterocycles. The number of hydrogen-bond acceptors (Lipinski definition) is 2. The van der Waals surface area contributed by atoms with Crippen LogP contribution in [0.15, 0.2) is 43.6 Å². The van der Waals surface area contributed by atoms with Crippen LogP contribution in [0.4, 0.5) is 0 Å². The van der Waals surface area contributed by atoms with E-state index < -0.39 is 0 Å². The van der Waals surface area contributed by atoms with Crippen LogP contribution in [-0.2, 0) is 0 Å². The quantitative estimate of drug-likeness (QED) is 0.674. The lowest BCUT2D eigenvalue weighted by Crippen LogP contribution is -1.90. The molecule has 0 aliphatic rings. The Morgan fingerprint density at radius 2 is 2.08 bits per heavy atom. The standard InChI is InChI=1S/C7H7N.C3H7N/c1-2-7-5-3-4-6-8-7;1-2-3-4/h2-6H,1H2;2H,1,3-4H2. The van der Waals surface area contributed by atoms with Crippen LogP contribution in [0, 0.1) is 0 Å². The van der Waals surface area contributed by atoms with Gasteiger partial charge >= 0.3 is 0 Å². The lowest BCUT2D eigenvalue weighted by Gasteiger charge is -1.84. The fourth-order valence-corrected chi connectivity index (χ4v) is 0.497. The van der Waals surface area contributed by atoms with Crippen molar-refractivity contribution in [1.29, 1.82) is 0 Å². The van der Waals surface area contributed by atoms with Crippen LogP contribution in [0.3, 0.4) is 0 Å². The second-order valence-electron chi connectivity index (χ2n) is 1.98. The summed E-state index contributed by atoms with van der Waals surface area (Å²) >= 11 is 0. The van der Waals surface area contributed by atoms with Gasteiger partial charge in [0.2, 0.25) is 0 Å². The Balaban J connectivity index is 0.000000261. The van der Waals surface area contributed by atoms with Gasteiger partial charge in [0.15, 0.2) is 0 Å². The Morgan fingerprint density at radius 1 is 1.42 bits per heavy atom. The Kier molecular flexibility index (Phi) is 6.79. The first-order valence-corrected chi connectivity index (χ1v) is 3.69. The summed E-state index contributed by atoms with van der Waals surface area (Å²) in [5.74, 6) is 0. The van der Waals surface area contributed by atoms with Gasteiger partial charge in [0.05, 0.1) is 5.69 Å². The monoisotopic (exact) mass is 162 g/mol. The summed E-state index contributed by atoms with van der Waals surface area (Å²) in [6.07, 6.45) is 5.12. The minimum Gasteiger partial charge on any atom is -0.327 e. The Bertz CT molecular complexity index is 217. The molecule has 1 aromatic heterocycles. The van der Waals surface area contributed by atoms with Gasteiger partial charge in [-0.05, 0) is 18.2 Å². The summed E-state index contributed by atoms with van der Waals surface area (Å²) in [6, 6.07) is 5.73. The molecule has 1 aromatic rings. The molecule has 2 N–H and O–H groups in total. The maximum atomic E-state index is 4.91. The van der Waals surface area contributed by atoms with Gasteiger partial charge in [-0.2, -0.15) is 0 Å². The maximum absolute atomic E-state index is 4.91. The highest BCUT2D eigenvalue weighted by molar-refractivity contribution is 5.40. The van der Waals surface area contributed by atoms with Crippen LogP contribution in [0.1, 0.15) is 5.69 Å². The smallest absolute Gasteiger partial charge is 0.0623 e. The van der Waals surface area contributed by atoms with Crippen molar-refractivity contribution in [2.24, 2.45) is 5.73 Å². The molecule has 1 heterocycles. The molecule has 64 valence electrons. The molecule has 0 fully saturated rings. The van der Waals surface area contributed by atoms with Crippen LogP contribution in [0.25, 0.3) is 6.08 Å². The largest absolute Gasteiger partial charge is 0.327 e. The third-order valence-corrected chi connectivity index (χ3v) is 1.06. The zero-order valence-electron chi connectivity index (χ0n) is 7.11. The number of aromatic nitrogens is 1. The lowest BCUT2D eigenvalue weighted by molar-refractivity contribution is 1.26. The first kappa shape index (κ1) is 10.6. The molecule has 0 unspecified atom stereocenters. The van der Waals surface area contributed by atoms with Crippen molar-refractivity contribution >= 4 is 6.08 Å². The summed E-state index contributed by atoms with van der Waals surface area (Å²) in [4.78, 5) is 3.98. The topological polar surface area (TPSA) is 38.9 Å². The Labute approximate surface area is 73.4 Å². The SMILES string of the molecule is C=CCN.C=Cc1ccccn1. The van der Waals surface area contributed by atoms with E-state index in [1.54, 1.807) is 18.3 Å². The highest BCUT2D eigenvalue weighted by Gasteiger charge is 1.77. The number of pyridine rings is 1. The van der Waals surface area contributed by atoms with Gasteiger partial charge in [0, 0.05) is 12.7 Å². The summed E-state index contributed by atoms with van der Waals surface area (Å²) in [6.45, 7) is 7.51. The molecule has 0 saturated carbocycles. The van der Waals surface area contributed by atoms with Gasteiger partial charge < -0.3 is 5.73 Å². The summed E-state index contributed by atoms with van der Waals surface area (Å²) < 4.78 is 0. The highest BCUT2D eigenvalue weighted by Crippen LogP contribution is 1.91. The van der Waals surface area contributed by atoms with Crippen molar-refractivity contribution in [1.82, 2.24) is 4.98 Å². The second kappa shape index (κ2) is 7.69. The number of rotatable bonds is 2. The van der Waals surface area contributed by atoms with Crippen molar-refractivity contribution < 1.29 is 0 Å². The third kappa shape index (κ3) is 5.38. The predicted molar refractivity (Wildman–Crippen MR) is 53.6 cm³/mol. The molecule has 0 bridgehead atoms. The third-order valence-electron chi connectivity index (χ3n) is 1.06. The van der Waals surface area contributed by atoms with Crippen LogP contribution in [0.2, 0.25) is 0 Å². The summed E-state index contributed by atoms with van der Waals surface area (Å²) in [7, 11) is 0. The summed E-state index contributed by atoms with van der Waals surface area (Å²) in [5.41, 5.74) is 5.83. The van der Waals surface area contributed by atoms with Crippen molar-refractivity contribution in [3.63, 3.8) is 0 Å². The van der Waals surface area contributed by atoms with Crippen LogP contribution >= 0.6 is 0 Å². The molecule has 0 aliphatic heterocycles. The minimum absolute atomic E-state index is 0.583. The van der Waals surface area contributed by atoms with E-state index in [0.717, 1.165) is 5.69 Å². The van der Waals surface area contributed by atoms with E-state index in [4.69, 9.17) is 5.73 Å². The van der Waals surface area contributed by atoms with Gasteiger partial charge in [-0.25, -0.2) is 0 Å². The molecule has 1 rings (SSSR count). The highest BCUT2D eigenvalue weighted by atomic mass is 14.6. The molecule has 0 radical (unpaired) electrons. The molecule has 0 amide bonds. The number of nitrogens with two attached hydrogens (primary N) is 1. The van der Waals surface area contributed by atoms with Gasteiger partial charge in [-0.1, -0.05) is 18.7 Å². The first-order chi connectivity index (χ1) is 5.85. The fourth-order valence-electron chi connectivity index (χ4n) is 0.497. The van der Waals surface area contributed by atoms with E-state index in [-0.39, 0.29) is 0 Å². The van der Waals surface area contributed by atoms with Gasteiger partial charge in [-0.3, -0.25) is 4.98 Å². The zero-order chi connectivity index (χ0) is 9.23. The number of hydrogen-bond donors (Lipinski definition) is 1. The molecule has 0 aliphatic carbocycles. The molecular formula is C10H14N2. The molecule has 2 heteroatoms. The van der Waals surface area contributed by atoms with Gasteiger partial charge in [-0.15, -0.1) is 6.58 Å². The molecule has 12 heavy (non-hydrogen) atoms. The fraction of sp³-hybridized carbons (Fsp3) is 0.100. The van der Waals surface area contributed by atoms with E-state index in [2.05, 4.69) is 18.1 Å². The van der Waals surface area contributed by atoms with Crippen molar-refractivity contribution in [3.8, 4) is 0 Å². The average molecular weight is 162 g/mol. The summed E-state index contributed by atoms with van der Waals surface area (Å²) in [5, 5.41) is 0. The molecule has 0 spiro atoms. The van der Waals surface area contributed by atoms with Gasteiger partial charge in [0.25, 0.3) is 0 Å². The Morgan fingerprint density at radius 3 is 2.33 bits per heavy atom. The van der Waals surface area contributed by atoms with Gasteiger partial charge in [0.1, 0.15) is 0 Å².